The van der Waals surface area contributed by atoms with Crippen molar-refractivity contribution in [2.45, 2.75) is 54.8 Å². The Morgan fingerprint density at radius 2 is 0.471 bits per heavy atom. The quantitative estimate of drug-likeness (QED) is 0.154. The molecule has 0 heteroatoms. The van der Waals surface area contributed by atoms with Crippen LogP contribution in [0.4, 0.5) is 0 Å². The third-order valence-corrected chi connectivity index (χ3v) is 14.4. The molecule has 13 rings (SSSR count). The molecule has 0 amide bonds. The molecule has 3 spiro atoms. The highest BCUT2D eigenvalue weighted by atomic mass is 14.6. The standard InChI is InChI=1S/C51H36/c1-2-14-32-26-49(25-31(32)13-1)40-22-10-7-19-37(40)43-46(49)44-38-20-8-11-23-41(38)50(27-33-15-3-4-16-34(33)28-50)48(44)45-39-21-9-12-24-42(39)51(47(43)45)29-35-17-5-6-18-36(35)30-51/h1-24H,25-30H2. The maximum absolute atomic E-state index is 2.50. The van der Waals surface area contributed by atoms with Gasteiger partial charge in [0.1, 0.15) is 0 Å². The van der Waals surface area contributed by atoms with Gasteiger partial charge in [0.15, 0.2) is 0 Å². The molecule has 6 aliphatic rings. The summed E-state index contributed by atoms with van der Waals surface area (Å²) in [5, 5.41) is 0. The minimum Gasteiger partial charge on any atom is -0.0620 e. The van der Waals surface area contributed by atoms with Crippen LogP contribution in [-0.4, -0.2) is 0 Å². The highest BCUT2D eigenvalue weighted by molar-refractivity contribution is 6.06. The number of hydrogen-bond acceptors (Lipinski definition) is 0. The van der Waals surface area contributed by atoms with Crippen LogP contribution in [0.25, 0.3) is 33.4 Å². The lowest BCUT2D eigenvalue weighted by atomic mass is 9.66. The minimum atomic E-state index is -0.0970. The Morgan fingerprint density at radius 1 is 0.255 bits per heavy atom. The number of rotatable bonds is 0. The van der Waals surface area contributed by atoms with Gasteiger partial charge in [0, 0.05) is 16.2 Å². The largest absolute Gasteiger partial charge is 0.0620 e. The summed E-state index contributed by atoms with van der Waals surface area (Å²) in [5.74, 6) is 0. The van der Waals surface area contributed by atoms with Crippen molar-refractivity contribution in [1.29, 1.82) is 0 Å². The number of fused-ring (bicyclic) bond motifs is 21. The SMILES string of the molecule is c1ccc2c(c1)CC1(C2)c2ccccc2-c2c1c1c(c3c2C2(Cc4ccccc4C2)c2ccccc2-3)C2(Cc3ccccc3C2)c2ccccc2-1. The second kappa shape index (κ2) is 9.06. The molecular weight excluding hydrogens is 613 g/mol. The van der Waals surface area contributed by atoms with Gasteiger partial charge in [-0.2, -0.15) is 0 Å². The molecule has 6 aliphatic carbocycles. The normalized spacial score (nSPS) is 18.6. The van der Waals surface area contributed by atoms with Gasteiger partial charge in [0.05, 0.1) is 0 Å². The van der Waals surface area contributed by atoms with E-state index in [2.05, 4.69) is 146 Å². The predicted octanol–water partition coefficient (Wildman–Crippen LogP) is 10.9. The molecule has 51 heavy (non-hydrogen) atoms. The molecule has 0 radical (unpaired) electrons. The van der Waals surface area contributed by atoms with E-state index in [-0.39, 0.29) is 16.2 Å². The Balaban J connectivity index is 1.25. The van der Waals surface area contributed by atoms with Gasteiger partial charge in [-0.15, -0.1) is 0 Å². The summed E-state index contributed by atoms with van der Waals surface area (Å²) in [6, 6.07) is 56.8. The highest BCUT2D eigenvalue weighted by Crippen LogP contribution is 2.71. The van der Waals surface area contributed by atoms with Crippen molar-refractivity contribution in [3.8, 4) is 33.4 Å². The molecule has 0 aromatic heterocycles. The fourth-order valence-corrected chi connectivity index (χ4v) is 12.7. The third-order valence-electron chi connectivity index (χ3n) is 14.4. The van der Waals surface area contributed by atoms with Crippen molar-refractivity contribution in [1.82, 2.24) is 0 Å². The zero-order valence-corrected chi connectivity index (χ0v) is 28.6. The molecule has 0 unspecified atom stereocenters. The molecule has 240 valence electrons. The first kappa shape index (κ1) is 27.3. The molecule has 7 aromatic rings. The smallest absolute Gasteiger partial charge is 0.0302 e. The average molecular weight is 649 g/mol. The molecule has 0 atom stereocenters. The van der Waals surface area contributed by atoms with E-state index in [0.717, 1.165) is 38.5 Å². The van der Waals surface area contributed by atoms with Crippen LogP contribution in [0.3, 0.4) is 0 Å². The summed E-state index contributed by atoms with van der Waals surface area (Å²) >= 11 is 0. The summed E-state index contributed by atoms with van der Waals surface area (Å²) in [6.45, 7) is 0. The Morgan fingerprint density at radius 3 is 0.725 bits per heavy atom. The number of benzene rings is 7. The predicted molar refractivity (Wildman–Crippen MR) is 207 cm³/mol. The van der Waals surface area contributed by atoms with E-state index in [1.807, 2.05) is 0 Å². The van der Waals surface area contributed by atoms with Crippen LogP contribution in [0, 0.1) is 0 Å². The van der Waals surface area contributed by atoms with Crippen molar-refractivity contribution in [3.05, 3.63) is 212 Å². The summed E-state index contributed by atoms with van der Waals surface area (Å²) in [5.41, 5.74) is 27.5. The molecule has 0 N–H and O–H groups in total. The molecule has 0 aliphatic heterocycles. The second-order valence-corrected chi connectivity index (χ2v) is 16.5. The van der Waals surface area contributed by atoms with Crippen LogP contribution in [0.1, 0.15) is 66.8 Å². The lowest BCUT2D eigenvalue weighted by Crippen LogP contribution is -2.31. The van der Waals surface area contributed by atoms with Crippen LogP contribution < -0.4 is 0 Å². The fourth-order valence-electron chi connectivity index (χ4n) is 12.7. The fraction of sp³-hybridized carbons (Fsp3) is 0.176. The van der Waals surface area contributed by atoms with Crippen LogP contribution >= 0.6 is 0 Å². The van der Waals surface area contributed by atoms with E-state index >= 15 is 0 Å². The maximum atomic E-state index is 2.50. The minimum absolute atomic E-state index is 0.0970. The van der Waals surface area contributed by atoms with E-state index in [4.69, 9.17) is 0 Å². The zero-order chi connectivity index (χ0) is 33.1. The van der Waals surface area contributed by atoms with Gasteiger partial charge < -0.3 is 0 Å². The summed E-state index contributed by atoms with van der Waals surface area (Å²) in [6.07, 6.45) is 6.38. The molecule has 0 fully saturated rings. The molecule has 0 nitrogen and oxygen atoms in total. The molecule has 0 saturated carbocycles. The van der Waals surface area contributed by atoms with Crippen molar-refractivity contribution < 1.29 is 0 Å². The van der Waals surface area contributed by atoms with Crippen LogP contribution in [0.15, 0.2) is 146 Å². The van der Waals surface area contributed by atoms with E-state index in [0.29, 0.717) is 0 Å². The lowest BCUT2D eigenvalue weighted by molar-refractivity contribution is 0.543. The number of hydrogen-bond donors (Lipinski definition) is 0. The van der Waals surface area contributed by atoms with E-state index < -0.39 is 0 Å². The first-order valence-corrected chi connectivity index (χ1v) is 19.0. The van der Waals surface area contributed by atoms with Crippen LogP contribution in [0.5, 0.6) is 0 Å². The van der Waals surface area contributed by atoms with Gasteiger partial charge in [0.25, 0.3) is 0 Å². The van der Waals surface area contributed by atoms with E-state index in [9.17, 15) is 0 Å². The highest BCUT2D eigenvalue weighted by Gasteiger charge is 2.60. The van der Waals surface area contributed by atoms with Gasteiger partial charge in [-0.1, -0.05) is 146 Å². The van der Waals surface area contributed by atoms with Crippen LogP contribution in [-0.2, 0) is 54.8 Å². The zero-order valence-electron chi connectivity index (χ0n) is 28.6. The topological polar surface area (TPSA) is 0 Å². The summed E-state index contributed by atoms with van der Waals surface area (Å²) in [7, 11) is 0. The monoisotopic (exact) mass is 648 g/mol. The van der Waals surface area contributed by atoms with Crippen molar-refractivity contribution in [2.75, 3.05) is 0 Å². The second-order valence-electron chi connectivity index (χ2n) is 16.5. The van der Waals surface area contributed by atoms with Crippen molar-refractivity contribution >= 4 is 0 Å². The first-order chi connectivity index (χ1) is 25.2. The molecule has 0 saturated heterocycles. The maximum Gasteiger partial charge on any atom is 0.0302 e. The first-order valence-electron chi connectivity index (χ1n) is 19.0. The van der Waals surface area contributed by atoms with Gasteiger partial charge in [0.2, 0.25) is 0 Å². The Kier molecular flexibility index (Phi) is 4.85. The lowest BCUT2D eigenvalue weighted by Gasteiger charge is -2.35. The third kappa shape index (κ3) is 3.05. The van der Waals surface area contributed by atoms with Crippen molar-refractivity contribution in [3.63, 3.8) is 0 Å². The Bertz CT molecular complexity index is 2330. The van der Waals surface area contributed by atoms with Gasteiger partial charge >= 0.3 is 0 Å². The van der Waals surface area contributed by atoms with Gasteiger partial charge in [-0.3, -0.25) is 0 Å². The van der Waals surface area contributed by atoms with Crippen molar-refractivity contribution in [2.24, 2.45) is 0 Å². The van der Waals surface area contributed by atoms with E-state index in [1.54, 1.807) is 50.1 Å². The Hall–Kier alpha value is -5.46. The molecule has 0 bridgehead atoms. The van der Waals surface area contributed by atoms with Crippen LogP contribution in [0.2, 0.25) is 0 Å². The summed E-state index contributed by atoms with van der Waals surface area (Å²) in [4.78, 5) is 0. The molecule has 0 heterocycles. The average Bonchev–Trinajstić information content (AvgIpc) is 4.01. The Labute approximate surface area is 299 Å². The van der Waals surface area contributed by atoms with Gasteiger partial charge in [-0.25, -0.2) is 0 Å². The molecular formula is C51H36. The molecule has 7 aromatic carbocycles. The van der Waals surface area contributed by atoms with E-state index in [1.165, 1.54) is 50.1 Å². The summed E-state index contributed by atoms with van der Waals surface area (Å²) < 4.78 is 0. The van der Waals surface area contributed by atoms with Gasteiger partial charge in [-0.05, 0) is 139 Å².